The van der Waals surface area contributed by atoms with Crippen molar-refractivity contribution in [3.8, 4) is 0 Å². The third-order valence-electron chi connectivity index (χ3n) is 2.94. The molecular formula is C15H27N3. The Hall–Kier alpha value is -0.930. The first-order valence-corrected chi connectivity index (χ1v) is 6.99. The Kier molecular flexibility index (Phi) is 7.62. The molecule has 0 amide bonds. The molecule has 1 aromatic rings. The summed E-state index contributed by atoms with van der Waals surface area (Å²) in [6.45, 7) is 7.70. The van der Waals surface area contributed by atoms with Crippen LogP contribution in [-0.2, 0) is 6.54 Å². The van der Waals surface area contributed by atoms with Crippen LogP contribution in [0.15, 0.2) is 24.5 Å². The molecule has 0 unspecified atom stereocenters. The summed E-state index contributed by atoms with van der Waals surface area (Å²) in [7, 11) is 2.18. The number of unbranched alkanes of at least 4 members (excludes halogenated alkanes) is 2. The lowest BCUT2D eigenvalue weighted by Gasteiger charge is -2.16. The lowest BCUT2D eigenvalue weighted by atomic mass is 10.2. The SMILES string of the molecule is CC(C)NCCCCCN(C)Cc1cccnc1. The number of nitrogens with one attached hydrogen (secondary N) is 1. The van der Waals surface area contributed by atoms with E-state index < -0.39 is 0 Å². The van der Waals surface area contributed by atoms with E-state index in [-0.39, 0.29) is 0 Å². The van der Waals surface area contributed by atoms with E-state index in [1.54, 1.807) is 0 Å². The fourth-order valence-corrected chi connectivity index (χ4v) is 1.96. The Morgan fingerprint density at radius 1 is 1.28 bits per heavy atom. The smallest absolute Gasteiger partial charge is 0.0312 e. The lowest BCUT2D eigenvalue weighted by Crippen LogP contribution is -2.24. The molecule has 3 nitrogen and oxygen atoms in total. The molecule has 0 aliphatic heterocycles. The van der Waals surface area contributed by atoms with Crippen molar-refractivity contribution in [1.82, 2.24) is 15.2 Å². The monoisotopic (exact) mass is 249 g/mol. The van der Waals surface area contributed by atoms with Crippen molar-refractivity contribution < 1.29 is 0 Å². The largest absolute Gasteiger partial charge is 0.315 e. The molecule has 1 rings (SSSR count). The van der Waals surface area contributed by atoms with E-state index in [1.165, 1.54) is 24.8 Å². The fraction of sp³-hybridized carbons (Fsp3) is 0.667. The zero-order valence-corrected chi connectivity index (χ0v) is 12.0. The number of aromatic nitrogens is 1. The first kappa shape index (κ1) is 15.1. The van der Waals surface area contributed by atoms with E-state index in [1.807, 2.05) is 18.5 Å². The summed E-state index contributed by atoms with van der Waals surface area (Å²) in [4.78, 5) is 6.51. The van der Waals surface area contributed by atoms with Gasteiger partial charge in [-0.3, -0.25) is 4.98 Å². The van der Waals surface area contributed by atoms with Gasteiger partial charge in [-0.25, -0.2) is 0 Å². The summed E-state index contributed by atoms with van der Waals surface area (Å²) >= 11 is 0. The van der Waals surface area contributed by atoms with Crippen LogP contribution < -0.4 is 5.32 Å². The molecule has 1 heterocycles. The molecule has 0 spiro atoms. The quantitative estimate of drug-likeness (QED) is 0.682. The Bertz CT molecular complexity index is 298. The second kappa shape index (κ2) is 9.06. The highest BCUT2D eigenvalue weighted by Crippen LogP contribution is 2.03. The van der Waals surface area contributed by atoms with Crippen molar-refractivity contribution in [2.45, 2.75) is 45.7 Å². The summed E-state index contributed by atoms with van der Waals surface area (Å²) in [5.41, 5.74) is 1.29. The Morgan fingerprint density at radius 2 is 2.11 bits per heavy atom. The van der Waals surface area contributed by atoms with Gasteiger partial charge >= 0.3 is 0 Å². The van der Waals surface area contributed by atoms with Gasteiger partial charge in [0, 0.05) is 25.0 Å². The van der Waals surface area contributed by atoms with Gasteiger partial charge in [0.25, 0.3) is 0 Å². The van der Waals surface area contributed by atoms with Crippen LogP contribution in [0.5, 0.6) is 0 Å². The van der Waals surface area contributed by atoms with E-state index in [0.29, 0.717) is 6.04 Å². The average molecular weight is 249 g/mol. The molecular weight excluding hydrogens is 222 g/mol. The number of rotatable bonds is 9. The van der Waals surface area contributed by atoms with Crippen LogP contribution >= 0.6 is 0 Å². The van der Waals surface area contributed by atoms with Crippen molar-refractivity contribution >= 4 is 0 Å². The van der Waals surface area contributed by atoms with Crippen LogP contribution in [0.3, 0.4) is 0 Å². The minimum Gasteiger partial charge on any atom is -0.315 e. The van der Waals surface area contributed by atoms with E-state index in [0.717, 1.165) is 19.6 Å². The molecule has 0 fully saturated rings. The molecule has 3 heteroatoms. The molecule has 0 atom stereocenters. The number of hydrogen-bond acceptors (Lipinski definition) is 3. The predicted molar refractivity (Wildman–Crippen MR) is 77.6 cm³/mol. The van der Waals surface area contributed by atoms with Gasteiger partial charge in [0.1, 0.15) is 0 Å². The highest BCUT2D eigenvalue weighted by Gasteiger charge is 2.00. The van der Waals surface area contributed by atoms with Gasteiger partial charge in [-0.05, 0) is 44.6 Å². The number of nitrogens with zero attached hydrogens (tertiary/aromatic N) is 2. The van der Waals surface area contributed by atoms with Gasteiger partial charge < -0.3 is 10.2 Å². The topological polar surface area (TPSA) is 28.2 Å². The summed E-state index contributed by atoms with van der Waals surface area (Å²) in [6, 6.07) is 4.75. The van der Waals surface area contributed by atoms with Crippen LogP contribution in [0.1, 0.15) is 38.7 Å². The van der Waals surface area contributed by atoms with Gasteiger partial charge in [-0.2, -0.15) is 0 Å². The van der Waals surface area contributed by atoms with Crippen LogP contribution in [0, 0.1) is 0 Å². The summed E-state index contributed by atoms with van der Waals surface area (Å²) in [6.07, 6.45) is 7.63. The lowest BCUT2D eigenvalue weighted by molar-refractivity contribution is 0.316. The fourth-order valence-electron chi connectivity index (χ4n) is 1.96. The van der Waals surface area contributed by atoms with Gasteiger partial charge in [0.05, 0.1) is 0 Å². The molecule has 0 radical (unpaired) electrons. The maximum Gasteiger partial charge on any atom is 0.0312 e. The molecule has 0 bridgehead atoms. The predicted octanol–water partition coefficient (Wildman–Crippen LogP) is 2.68. The Morgan fingerprint density at radius 3 is 2.78 bits per heavy atom. The van der Waals surface area contributed by atoms with Crippen LogP contribution in [-0.4, -0.2) is 36.1 Å². The maximum atomic E-state index is 4.14. The second-order valence-corrected chi connectivity index (χ2v) is 5.27. The molecule has 0 aliphatic rings. The maximum absolute atomic E-state index is 4.14. The Balaban J connectivity index is 2.02. The summed E-state index contributed by atoms with van der Waals surface area (Å²) in [5, 5.41) is 3.45. The van der Waals surface area contributed by atoms with E-state index >= 15 is 0 Å². The standard InChI is InChI=1S/C15H27N3/c1-14(2)17-10-5-4-6-11-18(3)13-15-8-7-9-16-12-15/h7-9,12,14,17H,4-6,10-11,13H2,1-3H3. The molecule has 1 N–H and O–H groups in total. The summed E-state index contributed by atoms with van der Waals surface area (Å²) in [5.74, 6) is 0. The van der Waals surface area contributed by atoms with E-state index in [4.69, 9.17) is 0 Å². The van der Waals surface area contributed by atoms with Crippen LogP contribution in [0.25, 0.3) is 0 Å². The van der Waals surface area contributed by atoms with E-state index in [2.05, 4.69) is 42.2 Å². The molecule has 18 heavy (non-hydrogen) atoms. The first-order valence-electron chi connectivity index (χ1n) is 6.99. The molecule has 0 aliphatic carbocycles. The molecule has 0 aromatic carbocycles. The zero-order chi connectivity index (χ0) is 13.2. The van der Waals surface area contributed by atoms with Crippen molar-refractivity contribution in [3.63, 3.8) is 0 Å². The minimum absolute atomic E-state index is 0.609. The molecule has 0 saturated heterocycles. The third kappa shape index (κ3) is 7.41. The van der Waals surface area contributed by atoms with Gasteiger partial charge in [0.2, 0.25) is 0 Å². The van der Waals surface area contributed by atoms with Crippen molar-refractivity contribution in [2.75, 3.05) is 20.1 Å². The second-order valence-electron chi connectivity index (χ2n) is 5.27. The van der Waals surface area contributed by atoms with Gasteiger partial charge in [-0.1, -0.05) is 26.3 Å². The normalized spacial score (nSPS) is 11.4. The van der Waals surface area contributed by atoms with Crippen LogP contribution in [0.4, 0.5) is 0 Å². The number of hydrogen-bond donors (Lipinski definition) is 1. The zero-order valence-electron chi connectivity index (χ0n) is 12.0. The molecule has 1 aromatic heterocycles. The van der Waals surface area contributed by atoms with Gasteiger partial charge in [0.15, 0.2) is 0 Å². The number of pyridine rings is 1. The first-order chi connectivity index (χ1) is 8.68. The van der Waals surface area contributed by atoms with Crippen LogP contribution in [0.2, 0.25) is 0 Å². The van der Waals surface area contributed by atoms with Crippen molar-refractivity contribution in [2.24, 2.45) is 0 Å². The van der Waals surface area contributed by atoms with E-state index in [9.17, 15) is 0 Å². The summed E-state index contributed by atoms with van der Waals surface area (Å²) < 4.78 is 0. The van der Waals surface area contributed by atoms with Gasteiger partial charge in [-0.15, -0.1) is 0 Å². The highest BCUT2D eigenvalue weighted by atomic mass is 15.1. The Labute approximate surface area is 112 Å². The third-order valence-corrected chi connectivity index (χ3v) is 2.94. The minimum atomic E-state index is 0.609. The van der Waals surface area contributed by atoms with Crippen molar-refractivity contribution in [1.29, 1.82) is 0 Å². The average Bonchev–Trinajstić information content (AvgIpc) is 2.34. The van der Waals surface area contributed by atoms with Crippen molar-refractivity contribution in [3.05, 3.63) is 30.1 Å². The molecule has 0 saturated carbocycles. The highest BCUT2D eigenvalue weighted by molar-refractivity contribution is 5.07. The molecule has 102 valence electrons.